The third-order valence-electron chi connectivity index (χ3n) is 3.34. The van der Waals surface area contributed by atoms with E-state index in [1.54, 1.807) is 11.3 Å². The summed E-state index contributed by atoms with van der Waals surface area (Å²) in [4.78, 5) is 14.3. The van der Waals surface area contributed by atoms with Crippen LogP contribution in [0.15, 0.2) is 6.07 Å². The quantitative estimate of drug-likeness (QED) is 0.696. The van der Waals surface area contributed by atoms with Crippen LogP contribution in [0.25, 0.3) is 0 Å². The summed E-state index contributed by atoms with van der Waals surface area (Å²) in [6.45, 7) is 2.08. The molecule has 1 fully saturated rings. The van der Waals surface area contributed by atoms with Gasteiger partial charge in [0.25, 0.3) is 5.91 Å². The zero-order valence-electron chi connectivity index (χ0n) is 8.22. The number of nitrogens with one attached hydrogen (secondary N) is 1. The number of amides is 1. The molecule has 1 N–H and O–H groups in total. The number of carbonyl (C=O) groups is 1. The number of carbonyl (C=O) groups excluding carboxylic acids is 1. The number of rotatable bonds is 0. The van der Waals surface area contributed by atoms with Crippen LogP contribution in [0.5, 0.6) is 0 Å². The lowest BCUT2D eigenvalue weighted by Gasteiger charge is -2.22. The first-order valence-corrected chi connectivity index (χ1v) is 5.96. The molecule has 2 nitrogen and oxygen atoms in total. The van der Waals surface area contributed by atoms with Crippen LogP contribution in [0.1, 0.15) is 45.8 Å². The van der Waals surface area contributed by atoms with Gasteiger partial charge in [-0.1, -0.05) is 12.8 Å². The molecule has 1 amide bonds. The number of thiophene rings is 1. The molecule has 1 aromatic rings. The Morgan fingerprint density at radius 1 is 1.43 bits per heavy atom. The van der Waals surface area contributed by atoms with Gasteiger partial charge in [-0.15, -0.1) is 11.3 Å². The van der Waals surface area contributed by atoms with E-state index in [-0.39, 0.29) is 11.4 Å². The van der Waals surface area contributed by atoms with Gasteiger partial charge in [-0.2, -0.15) is 0 Å². The number of aryl methyl sites for hydroxylation is 1. The SMILES string of the molecule is Cc1cc2c(s1)C1(CCCC1)NC2=O. The molecule has 0 bridgehead atoms. The fourth-order valence-electron chi connectivity index (χ4n) is 2.71. The van der Waals surface area contributed by atoms with Crippen LogP contribution in [0.2, 0.25) is 0 Å². The molecule has 0 radical (unpaired) electrons. The van der Waals surface area contributed by atoms with Crippen molar-refractivity contribution in [2.45, 2.75) is 38.1 Å². The summed E-state index contributed by atoms with van der Waals surface area (Å²) >= 11 is 1.79. The van der Waals surface area contributed by atoms with Crippen molar-refractivity contribution in [1.29, 1.82) is 0 Å². The molecule has 2 aliphatic rings. The summed E-state index contributed by atoms with van der Waals surface area (Å²) in [6, 6.07) is 2.03. The third kappa shape index (κ3) is 0.934. The molecule has 0 saturated heterocycles. The van der Waals surface area contributed by atoms with Gasteiger partial charge in [0.1, 0.15) is 0 Å². The Balaban J connectivity index is 2.16. The molecular formula is C11H13NOS. The van der Waals surface area contributed by atoms with Crippen molar-refractivity contribution in [3.8, 4) is 0 Å². The van der Waals surface area contributed by atoms with Crippen molar-refractivity contribution in [3.05, 3.63) is 21.4 Å². The van der Waals surface area contributed by atoms with Crippen LogP contribution in [0.4, 0.5) is 0 Å². The third-order valence-corrected chi connectivity index (χ3v) is 4.60. The van der Waals surface area contributed by atoms with Gasteiger partial charge in [0.2, 0.25) is 0 Å². The maximum absolute atomic E-state index is 11.7. The van der Waals surface area contributed by atoms with E-state index in [0.717, 1.165) is 18.4 Å². The summed E-state index contributed by atoms with van der Waals surface area (Å²) < 4.78 is 0. The van der Waals surface area contributed by atoms with Crippen LogP contribution in [-0.2, 0) is 5.54 Å². The highest BCUT2D eigenvalue weighted by Crippen LogP contribution is 2.47. The zero-order chi connectivity index (χ0) is 9.76. The van der Waals surface area contributed by atoms with Crippen LogP contribution in [0, 0.1) is 6.92 Å². The van der Waals surface area contributed by atoms with Crippen molar-refractivity contribution >= 4 is 17.2 Å². The molecule has 0 atom stereocenters. The van der Waals surface area contributed by atoms with Crippen LogP contribution in [-0.4, -0.2) is 5.91 Å². The van der Waals surface area contributed by atoms with E-state index in [4.69, 9.17) is 0 Å². The van der Waals surface area contributed by atoms with E-state index in [9.17, 15) is 4.79 Å². The lowest BCUT2D eigenvalue weighted by atomic mass is 9.97. The molecule has 1 spiro atoms. The van der Waals surface area contributed by atoms with E-state index in [1.165, 1.54) is 22.6 Å². The lowest BCUT2D eigenvalue weighted by Crippen LogP contribution is -2.36. The van der Waals surface area contributed by atoms with Crippen molar-refractivity contribution in [1.82, 2.24) is 5.32 Å². The minimum atomic E-state index is 0.0331. The lowest BCUT2D eigenvalue weighted by molar-refractivity contribution is 0.0931. The Kier molecular flexibility index (Phi) is 1.57. The maximum atomic E-state index is 11.7. The maximum Gasteiger partial charge on any atom is 0.253 e. The molecule has 74 valence electrons. The first kappa shape index (κ1) is 8.48. The molecule has 1 aromatic heterocycles. The van der Waals surface area contributed by atoms with Gasteiger partial charge in [0.05, 0.1) is 11.1 Å². The van der Waals surface area contributed by atoms with Crippen LogP contribution >= 0.6 is 11.3 Å². The Labute approximate surface area is 87.3 Å². The van der Waals surface area contributed by atoms with Crippen molar-refractivity contribution in [3.63, 3.8) is 0 Å². The van der Waals surface area contributed by atoms with Crippen LogP contribution < -0.4 is 5.32 Å². The smallest absolute Gasteiger partial charge is 0.253 e. The minimum absolute atomic E-state index is 0.0331. The topological polar surface area (TPSA) is 29.1 Å². The van der Waals surface area contributed by atoms with E-state index in [1.807, 2.05) is 6.07 Å². The molecule has 3 rings (SSSR count). The summed E-state index contributed by atoms with van der Waals surface area (Å²) in [7, 11) is 0. The van der Waals surface area contributed by atoms with Gasteiger partial charge < -0.3 is 5.32 Å². The highest BCUT2D eigenvalue weighted by Gasteiger charge is 2.45. The Morgan fingerprint density at radius 2 is 2.14 bits per heavy atom. The number of fused-ring (bicyclic) bond motifs is 2. The van der Waals surface area contributed by atoms with E-state index < -0.39 is 0 Å². The predicted molar refractivity (Wildman–Crippen MR) is 56.7 cm³/mol. The first-order chi connectivity index (χ1) is 6.71. The average molecular weight is 207 g/mol. The van der Waals surface area contributed by atoms with Gasteiger partial charge in [0, 0.05) is 9.75 Å². The summed E-state index contributed by atoms with van der Waals surface area (Å²) in [5, 5.41) is 3.17. The van der Waals surface area contributed by atoms with Gasteiger partial charge in [-0.05, 0) is 25.8 Å². The second-order valence-corrected chi connectivity index (χ2v) is 5.60. The minimum Gasteiger partial charge on any atom is -0.342 e. The summed E-state index contributed by atoms with van der Waals surface area (Å²) in [5.74, 6) is 0.145. The van der Waals surface area contributed by atoms with E-state index in [2.05, 4.69) is 12.2 Å². The van der Waals surface area contributed by atoms with Gasteiger partial charge in [-0.25, -0.2) is 0 Å². The van der Waals surface area contributed by atoms with Gasteiger partial charge >= 0.3 is 0 Å². The molecule has 0 unspecified atom stereocenters. The molecule has 0 aromatic carbocycles. The number of hydrogen-bond acceptors (Lipinski definition) is 2. The standard InChI is InChI=1S/C11H13NOS/c1-7-6-8-9(14-7)11(12-10(8)13)4-2-3-5-11/h6H,2-5H2,1H3,(H,12,13). The average Bonchev–Trinajstić information content (AvgIpc) is 2.75. The highest BCUT2D eigenvalue weighted by molar-refractivity contribution is 7.12. The molecule has 2 heterocycles. The molecule has 1 aliphatic carbocycles. The molecule has 1 aliphatic heterocycles. The summed E-state index contributed by atoms with van der Waals surface area (Å²) in [6.07, 6.45) is 4.75. The Hall–Kier alpha value is -0.830. The Morgan fingerprint density at radius 3 is 2.86 bits per heavy atom. The molecule has 1 saturated carbocycles. The highest BCUT2D eigenvalue weighted by atomic mass is 32.1. The zero-order valence-corrected chi connectivity index (χ0v) is 9.04. The first-order valence-electron chi connectivity index (χ1n) is 5.15. The van der Waals surface area contributed by atoms with E-state index in [0.29, 0.717) is 0 Å². The van der Waals surface area contributed by atoms with Crippen molar-refractivity contribution in [2.24, 2.45) is 0 Å². The monoisotopic (exact) mass is 207 g/mol. The largest absolute Gasteiger partial charge is 0.342 e. The van der Waals surface area contributed by atoms with E-state index >= 15 is 0 Å². The fraction of sp³-hybridized carbons (Fsp3) is 0.545. The van der Waals surface area contributed by atoms with Crippen LogP contribution in [0.3, 0.4) is 0 Å². The molecule has 3 heteroatoms. The second-order valence-electron chi connectivity index (χ2n) is 4.34. The van der Waals surface area contributed by atoms with Gasteiger partial charge in [-0.3, -0.25) is 4.79 Å². The predicted octanol–water partition coefficient (Wildman–Crippen LogP) is 2.57. The van der Waals surface area contributed by atoms with Crippen molar-refractivity contribution in [2.75, 3.05) is 0 Å². The number of hydrogen-bond donors (Lipinski definition) is 1. The molecule has 14 heavy (non-hydrogen) atoms. The summed E-state index contributed by atoms with van der Waals surface area (Å²) in [5.41, 5.74) is 0.972. The normalized spacial score (nSPS) is 22.8. The Bertz CT molecular complexity index is 401. The molecular weight excluding hydrogens is 194 g/mol. The second kappa shape index (κ2) is 2.60. The van der Waals surface area contributed by atoms with Gasteiger partial charge in [0.15, 0.2) is 0 Å². The fourth-order valence-corrected chi connectivity index (χ4v) is 3.92. The van der Waals surface area contributed by atoms with Crippen molar-refractivity contribution < 1.29 is 4.79 Å².